The maximum atomic E-state index is 14.2. The molecule has 48 heavy (non-hydrogen) atoms. The van der Waals surface area contributed by atoms with E-state index in [0.717, 1.165) is 21.9 Å². The number of esters is 1. The van der Waals surface area contributed by atoms with Gasteiger partial charge >= 0.3 is 5.97 Å². The molecule has 6 rings (SSSR count). The average molecular weight is 656 g/mol. The lowest BCUT2D eigenvalue weighted by Crippen LogP contribution is -2.63. The highest BCUT2D eigenvalue weighted by molar-refractivity contribution is 6.25. The molecule has 1 unspecified atom stereocenters. The number of carbonyl (C=O) groups is 4. The van der Waals surface area contributed by atoms with Gasteiger partial charge < -0.3 is 36.2 Å². The second-order valence-corrected chi connectivity index (χ2v) is 12.7. The van der Waals surface area contributed by atoms with Crippen LogP contribution in [0.15, 0.2) is 71.2 Å². The van der Waals surface area contributed by atoms with Crippen molar-refractivity contribution in [2.75, 3.05) is 27.2 Å². The molecule has 0 saturated carbocycles. The molecule has 0 spiro atoms. The zero-order valence-corrected chi connectivity index (χ0v) is 26.7. The van der Waals surface area contributed by atoms with Gasteiger partial charge in [0.2, 0.25) is 5.78 Å². The van der Waals surface area contributed by atoms with E-state index >= 15 is 0 Å². The fourth-order valence-corrected chi connectivity index (χ4v) is 7.76. The van der Waals surface area contributed by atoms with Crippen LogP contribution in [0.4, 0.5) is 0 Å². The number of carbonyl (C=O) groups excluding carboxylic acids is 4. The predicted molar refractivity (Wildman–Crippen MR) is 175 cm³/mol. The number of ether oxygens (including phenoxy) is 1. The van der Waals surface area contributed by atoms with Gasteiger partial charge in [-0.3, -0.25) is 24.1 Å². The molecule has 0 heterocycles. The summed E-state index contributed by atoms with van der Waals surface area (Å²) in [5, 5.41) is 50.4. The number of fused-ring (bicyclic) bond motifs is 4. The Kier molecular flexibility index (Phi) is 8.36. The molecule has 0 bridgehead atoms. The Morgan fingerprint density at radius 1 is 1.02 bits per heavy atom. The summed E-state index contributed by atoms with van der Waals surface area (Å²) in [4.78, 5) is 53.4. The van der Waals surface area contributed by atoms with Crippen LogP contribution in [0, 0.1) is 11.8 Å². The zero-order chi connectivity index (χ0) is 34.7. The molecule has 3 aliphatic carbocycles. The number of hydrogen-bond acceptors (Lipinski definition) is 11. The number of primary amides is 1. The van der Waals surface area contributed by atoms with Crippen molar-refractivity contribution in [1.29, 1.82) is 0 Å². The molecule has 12 nitrogen and oxygen atoms in total. The largest absolute Gasteiger partial charge is 0.510 e. The van der Waals surface area contributed by atoms with Crippen molar-refractivity contribution in [3.63, 3.8) is 0 Å². The number of aliphatic hydroxyl groups is 3. The summed E-state index contributed by atoms with van der Waals surface area (Å²) in [5.74, 6) is -7.32. The van der Waals surface area contributed by atoms with Crippen molar-refractivity contribution < 1.29 is 44.3 Å². The second kappa shape index (κ2) is 12.2. The van der Waals surface area contributed by atoms with E-state index in [4.69, 9.17) is 10.5 Å². The van der Waals surface area contributed by atoms with Crippen molar-refractivity contribution in [3.8, 4) is 16.9 Å². The number of likely N-dealkylation sites (N-methyl/N-ethyl adjacent to an activating group) is 1. The topological polar surface area (TPSA) is 200 Å². The van der Waals surface area contributed by atoms with E-state index in [1.807, 2.05) is 36.4 Å². The lowest BCUT2D eigenvalue weighted by molar-refractivity contribution is -0.148. The molecule has 12 heteroatoms. The minimum absolute atomic E-state index is 0.00726. The van der Waals surface area contributed by atoms with Gasteiger partial charge in [-0.25, -0.2) is 0 Å². The van der Waals surface area contributed by atoms with E-state index in [1.165, 1.54) is 11.0 Å². The van der Waals surface area contributed by atoms with Crippen LogP contribution in [0.1, 0.15) is 34.8 Å². The normalized spacial score (nSPS) is 23.6. The van der Waals surface area contributed by atoms with E-state index < -0.39 is 58.0 Å². The summed E-state index contributed by atoms with van der Waals surface area (Å²) >= 11 is 0. The Hall–Kier alpha value is -5.04. The molecule has 1 amide bonds. The first-order chi connectivity index (χ1) is 22.8. The lowest BCUT2D eigenvalue weighted by atomic mass is 9.58. The third-order valence-corrected chi connectivity index (χ3v) is 9.80. The van der Waals surface area contributed by atoms with Crippen LogP contribution in [0.5, 0.6) is 5.75 Å². The summed E-state index contributed by atoms with van der Waals surface area (Å²) in [5.41, 5.74) is 4.54. The highest BCUT2D eigenvalue weighted by atomic mass is 16.5. The standard InChI is InChI=1S/C36H37N3O9/c1-4-48-26(41)16-38-15-17-9-10-21(20-8-6-5-7-19(17)20)22-11-12-25(40)28-23(22)13-18-14-24-30(39(2)3)32(43)29(35(37)46)34(45)36(24,47)33(44)27(18)31(28)42/h5-12,18,24,30,38,40,43-44,47H,4,13-16H2,1-3H3,(H2,37,46)/t18-,24-,30?,36-/m0/s1. The zero-order valence-electron chi connectivity index (χ0n) is 26.7. The number of hydrogen-bond donors (Lipinski definition) is 6. The molecule has 250 valence electrons. The lowest BCUT2D eigenvalue weighted by Gasteiger charge is -2.50. The molecule has 4 atom stereocenters. The number of ketones is 2. The van der Waals surface area contributed by atoms with Gasteiger partial charge in [0.05, 0.1) is 24.8 Å². The molecule has 3 aromatic carbocycles. The van der Waals surface area contributed by atoms with Crippen molar-refractivity contribution in [3.05, 3.63) is 87.9 Å². The number of benzene rings is 3. The van der Waals surface area contributed by atoms with Crippen LogP contribution >= 0.6 is 0 Å². The number of nitrogens with zero attached hydrogens (tertiary/aromatic N) is 1. The number of aromatic hydroxyl groups is 1. The summed E-state index contributed by atoms with van der Waals surface area (Å²) in [7, 11) is 3.18. The number of aliphatic hydroxyl groups excluding tert-OH is 2. The van der Waals surface area contributed by atoms with Gasteiger partial charge in [-0.05, 0) is 78.9 Å². The van der Waals surface area contributed by atoms with E-state index in [2.05, 4.69) is 5.32 Å². The molecular weight excluding hydrogens is 618 g/mol. The minimum atomic E-state index is -2.70. The quantitative estimate of drug-likeness (QED) is 0.154. The number of Topliss-reactive ketones (excluding diaryl/α,β-unsaturated/α-hetero) is 2. The van der Waals surface area contributed by atoms with E-state index in [-0.39, 0.29) is 42.2 Å². The van der Waals surface area contributed by atoms with Gasteiger partial charge in [0.25, 0.3) is 5.91 Å². The number of phenols is 1. The number of nitrogens with two attached hydrogens (primary N) is 1. The Balaban J connectivity index is 1.46. The number of nitrogens with one attached hydrogen (secondary N) is 1. The van der Waals surface area contributed by atoms with Gasteiger partial charge in [-0.15, -0.1) is 0 Å². The maximum Gasteiger partial charge on any atom is 0.319 e. The molecule has 7 N–H and O–H groups in total. The van der Waals surface area contributed by atoms with Crippen LogP contribution in [-0.2, 0) is 32.1 Å². The molecule has 0 fully saturated rings. The van der Waals surface area contributed by atoms with E-state index in [9.17, 15) is 39.6 Å². The smallest absolute Gasteiger partial charge is 0.319 e. The Morgan fingerprint density at radius 3 is 2.38 bits per heavy atom. The molecule has 0 saturated heterocycles. The second-order valence-electron chi connectivity index (χ2n) is 12.7. The van der Waals surface area contributed by atoms with Crippen molar-refractivity contribution in [1.82, 2.24) is 10.2 Å². The average Bonchev–Trinajstić information content (AvgIpc) is 3.03. The molecule has 3 aliphatic rings. The number of rotatable bonds is 8. The Bertz CT molecular complexity index is 1960. The van der Waals surface area contributed by atoms with E-state index in [1.54, 1.807) is 27.1 Å². The maximum absolute atomic E-state index is 14.2. The van der Waals surface area contributed by atoms with Gasteiger partial charge in [0.1, 0.15) is 22.8 Å². The Morgan fingerprint density at radius 2 is 1.71 bits per heavy atom. The Labute approximate surface area is 276 Å². The summed E-state index contributed by atoms with van der Waals surface area (Å²) in [6.07, 6.45) is 0.155. The monoisotopic (exact) mass is 655 g/mol. The van der Waals surface area contributed by atoms with Crippen LogP contribution in [0.2, 0.25) is 0 Å². The SMILES string of the molecule is CCOC(=O)CNCc1ccc(-c2ccc(O)c3c2C[C@H]2C[C@H]4C(N(C)C)C(O)=C(C(N)=O)C(=O)[C@@]4(O)C(O)=C2C3=O)c2ccccc12. The molecule has 0 radical (unpaired) electrons. The highest BCUT2D eigenvalue weighted by Gasteiger charge is 2.63. The van der Waals surface area contributed by atoms with Gasteiger partial charge in [-0.2, -0.15) is 0 Å². The third-order valence-electron chi connectivity index (χ3n) is 9.80. The van der Waals surface area contributed by atoms with Gasteiger partial charge in [-0.1, -0.05) is 42.5 Å². The summed E-state index contributed by atoms with van der Waals surface area (Å²) in [6.45, 7) is 2.49. The van der Waals surface area contributed by atoms with Gasteiger partial charge in [0.15, 0.2) is 11.4 Å². The first-order valence-electron chi connectivity index (χ1n) is 15.7. The number of allylic oxidation sites excluding steroid dienone is 1. The van der Waals surface area contributed by atoms with Crippen LogP contribution in [-0.4, -0.2) is 87.7 Å². The van der Waals surface area contributed by atoms with Crippen LogP contribution in [0.3, 0.4) is 0 Å². The fourth-order valence-electron chi connectivity index (χ4n) is 7.76. The fraction of sp³-hybridized carbons (Fsp3) is 0.333. The number of phenolic OH excluding ortho intramolecular Hbond substituents is 1. The first kappa shape index (κ1) is 32.9. The predicted octanol–water partition coefficient (Wildman–Crippen LogP) is 2.59. The number of amides is 1. The van der Waals surface area contributed by atoms with E-state index in [0.29, 0.717) is 24.3 Å². The van der Waals surface area contributed by atoms with Crippen molar-refractivity contribution in [2.45, 2.75) is 38.0 Å². The molecular formula is C36H37N3O9. The molecule has 3 aromatic rings. The van der Waals surface area contributed by atoms with Crippen molar-refractivity contribution in [2.24, 2.45) is 17.6 Å². The van der Waals surface area contributed by atoms with Crippen molar-refractivity contribution >= 4 is 34.2 Å². The summed E-state index contributed by atoms with van der Waals surface area (Å²) < 4.78 is 5.00. The van der Waals surface area contributed by atoms with Crippen LogP contribution in [0.25, 0.3) is 21.9 Å². The van der Waals surface area contributed by atoms with Crippen LogP contribution < -0.4 is 11.1 Å². The van der Waals surface area contributed by atoms with Gasteiger partial charge in [0, 0.05) is 18.0 Å². The molecule has 0 aromatic heterocycles. The highest BCUT2D eigenvalue weighted by Crippen LogP contribution is 2.53. The third kappa shape index (κ3) is 4.95. The molecule has 0 aliphatic heterocycles. The first-order valence-corrected chi connectivity index (χ1v) is 15.7. The summed E-state index contributed by atoms with van der Waals surface area (Å²) in [6, 6.07) is 13.6. The minimum Gasteiger partial charge on any atom is -0.510 e.